The normalized spacial score (nSPS) is 17.5. The van der Waals surface area contributed by atoms with E-state index in [9.17, 15) is 14.0 Å². The number of amides is 2. The van der Waals surface area contributed by atoms with Crippen LogP contribution in [0.2, 0.25) is 0 Å². The van der Waals surface area contributed by atoms with E-state index in [4.69, 9.17) is 0 Å². The van der Waals surface area contributed by atoms with E-state index in [2.05, 4.69) is 10.4 Å². The number of hydrogen-bond acceptors (Lipinski definition) is 4. The summed E-state index contributed by atoms with van der Waals surface area (Å²) in [4.78, 5) is 29.7. The molecule has 0 unspecified atom stereocenters. The van der Waals surface area contributed by atoms with Crippen LogP contribution in [0.3, 0.4) is 0 Å². The molecule has 2 aromatic carbocycles. The number of carbonyl (C=O) groups is 2. The van der Waals surface area contributed by atoms with Gasteiger partial charge >= 0.3 is 0 Å². The highest BCUT2D eigenvalue weighted by Gasteiger charge is 2.48. The Hall–Kier alpha value is -3.78. The van der Waals surface area contributed by atoms with Gasteiger partial charge in [0.05, 0.1) is 11.4 Å². The molecule has 1 aliphatic rings. The SMILES string of the molecule is Cc1cccc(CNC(=O)[C@]2(C)Cn3nc(-c4cccs4)cc3C(=O)N2c2ccc(F)cc2)c1. The molecule has 2 aromatic heterocycles. The van der Waals surface area contributed by atoms with Crippen molar-refractivity contribution in [1.29, 1.82) is 0 Å². The maximum atomic E-state index is 13.7. The number of halogens is 1. The summed E-state index contributed by atoms with van der Waals surface area (Å²) < 4.78 is 15.2. The van der Waals surface area contributed by atoms with Crippen molar-refractivity contribution in [3.05, 3.63) is 94.7 Å². The Labute approximate surface area is 200 Å². The molecule has 34 heavy (non-hydrogen) atoms. The van der Waals surface area contributed by atoms with Crippen molar-refractivity contribution >= 4 is 28.8 Å². The second-order valence-corrected chi connectivity index (χ2v) is 9.56. The van der Waals surface area contributed by atoms with Crippen LogP contribution >= 0.6 is 11.3 Å². The Morgan fingerprint density at radius 2 is 1.94 bits per heavy atom. The van der Waals surface area contributed by atoms with Gasteiger partial charge in [0.2, 0.25) is 5.91 Å². The van der Waals surface area contributed by atoms with Gasteiger partial charge in [0.1, 0.15) is 22.7 Å². The highest BCUT2D eigenvalue weighted by atomic mass is 32.1. The van der Waals surface area contributed by atoms with Crippen LogP contribution in [0.25, 0.3) is 10.6 Å². The summed E-state index contributed by atoms with van der Waals surface area (Å²) in [6, 6.07) is 19.1. The van der Waals surface area contributed by atoms with Crippen molar-refractivity contribution in [2.75, 3.05) is 4.90 Å². The summed E-state index contributed by atoms with van der Waals surface area (Å²) in [6.07, 6.45) is 0. The molecule has 0 fully saturated rings. The number of carbonyl (C=O) groups excluding carboxylic acids is 2. The van der Waals surface area contributed by atoms with Gasteiger partial charge in [-0.1, -0.05) is 35.9 Å². The number of hydrogen-bond donors (Lipinski definition) is 1. The average Bonchev–Trinajstić information content (AvgIpc) is 3.49. The summed E-state index contributed by atoms with van der Waals surface area (Å²) in [6.45, 7) is 4.20. The molecule has 4 aromatic rings. The molecule has 3 heterocycles. The second kappa shape index (κ2) is 8.53. The first-order chi connectivity index (χ1) is 16.3. The minimum absolute atomic E-state index is 0.163. The molecule has 6 nitrogen and oxygen atoms in total. The monoisotopic (exact) mass is 474 g/mol. The van der Waals surface area contributed by atoms with E-state index in [0.717, 1.165) is 16.0 Å². The van der Waals surface area contributed by atoms with E-state index >= 15 is 0 Å². The van der Waals surface area contributed by atoms with Gasteiger partial charge in [0, 0.05) is 12.2 Å². The van der Waals surface area contributed by atoms with Gasteiger partial charge in [0.25, 0.3) is 5.91 Å². The number of rotatable bonds is 5. The highest BCUT2D eigenvalue weighted by Crippen LogP contribution is 2.35. The lowest BCUT2D eigenvalue weighted by molar-refractivity contribution is -0.126. The van der Waals surface area contributed by atoms with Crippen molar-refractivity contribution < 1.29 is 14.0 Å². The molecule has 1 atom stereocenters. The summed E-state index contributed by atoms with van der Waals surface area (Å²) >= 11 is 1.53. The molecular weight excluding hydrogens is 451 g/mol. The fourth-order valence-corrected chi connectivity index (χ4v) is 5.00. The van der Waals surface area contributed by atoms with E-state index in [0.29, 0.717) is 23.6 Å². The molecule has 172 valence electrons. The number of anilines is 1. The van der Waals surface area contributed by atoms with E-state index in [1.165, 1.54) is 40.5 Å². The largest absolute Gasteiger partial charge is 0.350 e. The Morgan fingerprint density at radius 3 is 2.65 bits per heavy atom. The van der Waals surface area contributed by atoms with Gasteiger partial charge < -0.3 is 5.32 Å². The quantitative estimate of drug-likeness (QED) is 0.452. The molecule has 0 aliphatic carbocycles. The number of nitrogens with zero attached hydrogens (tertiary/aromatic N) is 3. The number of benzene rings is 2. The van der Waals surface area contributed by atoms with Gasteiger partial charge in [-0.25, -0.2) is 4.39 Å². The Balaban J connectivity index is 1.53. The van der Waals surface area contributed by atoms with E-state index in [-0.39, 0.29) is 18.4 Å². The van der Waals surface area contributed by atoms with Gasteiger partial charge in [-0.05, 0) is 61.2 Å². The van der Waals surface area contributed by atoms with Crippen LogP contribution in [0, 0.1) is 12.7 Å². The molecular formula is C26H23FN4O2S. The lowest BCUT2D eigenvalue weighted by Crippen LogP contribution is -2.64. The van der Waals surface area contributed by atoms with Crippen LogP contribution in [0.15, 0.2) is 72.1 Å². The molecule has 0 bridgehead atoms. The lowest BCUT2D eigenvalue weighted by Gasteiger charge is -2.43. The van der Waals surface area contributed by atoms with E-state index in [1.54, 1.807) is 17.7 Å². The molecule has 0 radical (unpaired) electrons. The second-order valence-electron chi connectivity index (χ2n) is 8.61. The Morgan fingerprint density at radius 1 is 1.15 bits per heavy atom. The standard InChI is InChI=1S/C26H23FN4O2S/c1-17-5-3-6-18(13-17)15-28-25(33)26(2)16-30-22(14-21(29-30)23-7-4-12-34-23)24(32)31(26)20-10-8-19(27)9-11-20/h3-14H,15-16H2,1-2H3,(H,28,33)/t26-/m0/s1. The van der Waals surface area contributed by atoms with Gasteiger partial charge in [-0.3, -0.25) is 19.2 Å². The number of fused-ring (bicyclic) bond motifs is 1. The minimum atomic E-state index is -1.27. The van der Waals surface area contributed by atoms with Crippen molar-refractivity contribution in [3.63, 3.8) is 0 Å². The van der Waals surface area contributed by atoms with E-state index in [1.807, 2.05) is 48.7 Å². The number of aromatic nitrogens is 2. The van der Waals surface area contributed by atoms with Gasteiger partial charge in [0.15, 0.2) is 0 Å². The van der Waals surface area contributed by atoms with Crippen molar-refractivity contribution in [2.45, 2.75) is 32.5 Å². The van der Waals surface area contributed by atoms with Crippen molar-refractivity contribution in [1.82, 2.24) is 15.1 Å². The number of aryl methyl sites for hydroxylation is 1. The molecule has 0 saturated heterocycles. The predicted octanol–water partition coefficient (Wildman–Crippen LogP) is 4.79. The molecule has 1 N–H and O–H groups in total. The molecule has 0 saturated carbocycles. The molecule has 1 aliphatic heterocycles. The lowest BCUT2D eigenvalue weighted by atomic mass is 9.93. The zero-order chi connectivity index (χ0) is 23.9. The third kappa shape index (κ3) is 3.90. The summed E-state index contributed by atoms with van der Waals surface area (Å²) in [7, 11) is 0. The molecule has 0 spiro atoms. The maximum absolute atomic E-state index is 13.7. The number of nitrogens with one attached hydrogen (secondary N) is 1. The van der Waals surface area contributed by atoms with Crippen LogP contribution in [-0.2, 0) is 17.9 Å². The predicted molar refractivity (Wildman–Crippen MR) is 130 cm³/mol. The first kappa shape index (κ1) is 22.0. The zero-order valence-corrected chi connectivity index (χ0v) is 19.6. The Kier molecular flexibility index (Phi) is 5.53. The van der Waals surface area contributed by atoms with Crippen LogP contribution in [0.4, 0.5) is 10.1 Å². The topological polar surface area (TPSA) is 67.2 Å². The van der Waals surface area contributed by atoms with Gasteiger partial charge in [-0.2, -0.15) is 5.10 Å². The third-order valence-electron chi connectivity index (χ3n) is 6.04. The van der Waals surface area contributed by atoms with Crippen LogP contribution in [-0.4, -0.2) is 27.1 Å². The minimum Gasteiger partial charge on any atom is -0.350 e. The van der Waals surface area contributed by atoms with Crippen LogP contribution in [0.5, 0.6) is 0 Å². The summed E-state index contributed by atoms with van der Waals surface area (Å²) in [5.74, 6) is -1.09. The highest BCUT2D eigenvalue weighted by molar-refractivity contribution is 7.13. The average molecular weight is 475 g/mol. The van der Waals surface area contributed by atoms with Gasteiger partial charge in [-0.15, -0.1) is 11.3 Å². The van der Waals surface area contributed by atoms with Crippen LogP contribution < -0.4 is 10.2 Å². The maximum Gasteiger partial charge on any atom is 0.277 e. The smallest absolute Gasteiger partial charge is 0.277 e. The molecule has 5 rings (SSSR count). The zero-order valence-electron chi connectivity index (χ0n) is 18.8. The third-order valence-corrected chi connectivity index (χ3v) is 6.93. The summed E-state index contributed by atoms with van der Waals surface area (Å²) in [5.41, 5.74) is 2.31. The molecule has 2 amide bonds. The van der Waals surface area contributed by atoms with Crippen LogP contribution in [0.1, 0.15) is 28.5 Å². The summed E-state index contributed by atoms with van der Waals surface area (Å²) in [5, 5.41) is 9.57. The first-order valence-corrected chi connectivity index (χ1v) is 11.8. The number of thiophene rings is 1. The van der Waals surface area contributed by atoms with E-state index < -0.39 is 11.4 Å². The first-order valence-electron chi connectivity index (χ1n) is 10.9. The Bertz CT molecular complexity index is 1360. The van der Waals surface area contributed by atoms with Crippen molar-refractivity contribution in [2.24, 2.45) is 0 Å². The van der Waals surface area contributed by atoms with Crippen molar-refractivity contribution in [3.8, 4) is 10.6 Å². The fraction of sp³-hybridized carbons (Fsp3) is 0.192. The fourth-order valence-electron chi connectivity index (χ4n) is 4.32. The molecule has 8 heteroatoms.